The first kappa shape index (κ1) is 24.7. The molecule has 0 atom stereocenters. The van der Waals surface area contributed by atoms with Gasteiger partial charge in [0.25, 0.3) is 15.9 Å². The Balaban J connectivity index is 1.39. The second-order valence-corrected chi connectivity index (χ2v) is 11.3. The van der Waals surface area contributed by atoms with Crippen molar-refractivity contribution in [3.05, 3.63) is 101 Å². The van der Waals surface area contributed by atoms with Crippen molar-refractivity contribution in [3.63, 3.8) is 0 Å². The number of nitrogens with one attached hydrogen (secondary N) is 1. The zero-order valence-corrected chi connectivity index (χ0v) is 21.6. The van der Waals surface area contributed by atoms with Crippen molar-refractivity contribution >= 4 is 44.6 Å². The fraction of sp³-hybridized carbons (Fsp3) is 0.143. The maximum absolute atomic E-state index is 13.3. The molecule has 0 spiro atoms. The maximum atomic E-state index is 13.3. The molecule has 1 aliphatic rings. The summed E-state index contributed by atoms with van der Waals surface area (Å²) in [7, 11) is -3.76. The highest BCUT2D eigenvalue weighted by Gasteiger charge is 2.30. The van der Waals surface area contributed by atoms with Gasteiger partial charge in [-0.15, -0.1) is 11.3 Å². The van der Waals surface area contributed by atoms with Gasteiger partial charge in [0.2, 0.25) is 0 Å². The highest BCUT2D eigenvalue weighted by atomic mass is 32.2. The normalized spacial score (nSPS) is 12.7. The number of ether oxygens (including phenoxy) is 1. The molecular formula is C28H24N2O5S2. The van der Waals surface area contributed by atoms with E-state index in [4.69, 9.17) is 4.74 Å². The van der Waals surface area contributed by atoms with E-state index in [0.717, 1.165) is 16.0 Å². The first-order chi connectivity index (χ1) is 17.9. The SMILES string of the molecule is CCOC(=O)c1cc(NC(=O)c2ccc(S(=O)(=O)N3CCc4ccccc43)cc2)c(-c2ccccc2)s1. The van der Waals surface area contributed by atoms with Crippen LogP contribution in [0.1, 0.15) is 32.5 Å². The van der Waals surface area contributed by atoms with E-state index in [9.17, 15) is 18.0 Å². The molecule has 7 nitrogen and oxygen atoms in total. The van der Waals surface area contributed by atoms with Crippen molar-refractivity contribution in [2.45, 2.75) is 18.2 Å². The third-order valence-corrected chi connectivity index (χ3v) is 9.03. The average molecular weight is 533 g/mol. The van der Waals surface area contributed by atoms with Gasteiger partial charge in [-0.3, -0.25) is 9.10 Å². The van der Waals surface area contributed by atoms with Crippen LogP contribution in [-0.4, -0.2) is 33.4 Å². The minimum atomic E-state index is -3.76. The Morgan fingerprint density at radius 2 is 1.68 bits per heavy atom. The van der Waals surface area contributed by atoms with Gasteiger partial charge in [-0.05, 0) is 60.9 Å². The monoisotopic (exact) mass is 532 g/mol. The number of sulfonamides is 1. The Hall–Kier alpha value is -3.95. The van der Waals surface area contributed by atoms with E-state index in [0.29, 0.717) is 34.8 Å². The van der Waals surface area contributed by atoms with E-state index < -0.39 is 21.9 Å². The van der Waals surface area contributed by atoms with Crippen LogP contribution in [-0.2, 0) is 21.2 Å². The molecule has 9 heteroatoms. The molecule has 0 radical (unpaired) electrons. The van der Waals surface area contributed by atoms with Gasteiger partial charge in [0, 0.05) is 12.1 Å². The Bertz CT molecular complexity index is 1560. The average Bonchev–Trinajstić information content (AvgIpc) is 3.54. The lowest BCUT2D eigenvalue weighted by atomic mass is 10.1. The number of hydrogen-bond acceptors (Lipinski definition) is 6. The molecule has 5 rings (SSSR count). The van der Waals surface area contributed by atoms with Gasteiger partial charge >= 0.3 is 5.97 Å². The fourth-order valence-corrected chi connectivity index (χ4v) is 6.76. The fourth-order valence-electron chi connectivity index (χ4n) is 4.25. The Morgan fingerprint density at radius 1 is 0.973 bits per heavy atom. The molecule has 0 fully saturated rings. The molecule has 0 saturated heterocycles. The first-order valence-electron chi connectivity index (χ1n) is 11.8. The molecule has 0 unspecified atom stereocenters. The van der Waals surface area contributed by atoms with Gasteiger partial charge in [-0.2, -0.15) is 0 Å². The van der Waals surface area contributed by atoms with E-state index in [-0.39, 0.29) is 11.5 Å². The van der Waals surface area contributed by atoms with Crippen LogP contribution >= 0.6 is 11.3 Å². The molecule has 1 aliphatic heterocycles. The van der Waals surface area contributed by atoms with Gasteiger partial charge in [0.1, 0.15) is 4.88 Å². The third kappa shape index (κ3) is 4.87. The first-order valence-corrected chi connectivity index (χ1v) is 14.0. The Morgan fingerprint density at radius 3 is 2.41 bits per heavy atom. The lowest BCUT2D eigenvalue weighted by Crippen LogP contribution is -2.29. The molecule has 3 aromatic carbocycles. The summed E-state index contributed by atoms with van der Waals surface area (Å²) < 4.78 is 33.1. The molecule has 2 heterocycles. The van der Waals surface area contributed by atoms with Gasteiger partial charge in [-0.1, -0.05) is 48.5 Å². The van der Waals surface area contributed by atoms with E-state index >= 15 is 0 Å². The number of carbonyl (C=O) groups is 2. The van der Waals surface area contributed by atoms with E-state index in [1.54, 1.807) is 19.1 Å². The topological polar surface area (TPSA) is 92.8 Å². The molecule has 0 saturated carbocycles. The largest absolute Gasteiger partial charge is 0.462 e. The summed E-state index contributed by atoms with van der Waals surface area (Å²) in [5.41, 5.74) is 3.31. The van der Waals surface area contributed by atoms with Crippen LogP contribution in [0.5, 0.6) is 0 Å². The number of esters is 1. The van der Waals surface area contributed by atoms with Crippen molar-refractivity contribution in [2.75, 3.05) is 22.8 Å². The highest BCUT2D eigenvalue weighted by Crippen LogP contribution is 2.37. The second-order valence-electron chi connectivity index (χ2n) is 8.37. The van der Waals surface area contributed by atoms with Gasteiger partial charge in [0.15, 0.2) is 0 Å². The molecule has 1 N–H and O–H groups in total. The van der Waals surface area contributed by atoms with Gasteiger partial charge < -0.3 is 10.1 Å². The van der Waals surface area contributed by atoms with Crippen molar-refractivity contribution in [3.8, 4) is 10.4 Å². The molecular weight excluding hydrogens is 508 g/mol. The summed E-state index contributed by atoms with van der Waals surface area (Å²) in [4.78, 5) is 26.7. The number of benzene rings is 3. The second kappa shape index (κ2) is 10.2. The van der Waals surface area contributed by atoms with Crippen LogP contribution in [0, 0.1) is 0 Å². The molecule has 0 bridgehead atoms. The van der Waals surface area contributed by atoms with Gasteiger partial charge in [0.05, 0.1) is 27.8 Å². The minimum Gasteiger partial charge on any atom is -0.462 e. The van der Waals surface area contributed by atoms with Crippen LogP contribution in [0.25, 0.3) is 10.4 Å². The van der Waals surface area contributed by atoms with E-state index in [1.165, 1.54) is 39.9 Å². The predicted molar refractivity (Wildman–Crippen MR) is 145 cm³/mol. The number of rotatable bonds is 7. The summed E-state index contributed by atoms with van der Waals surface area (Å²) in [6, 6.07) is 24.4. The molecule has 4 aromatic rings. The van der Waals surface area contributed by atoms with E-state index in [1.807, 2.05) is 48.5 Å². The lowest BCUT2D eigenvalue weighted by Gasteiger charge is -2.19. The van der Waals surface area contributed by atoms with Crippen LogP contribution in [0.15, 0.2) is 89.8 Å². The number of amides is 1. The summed E-state index contributed by atoms with van der Waals surface area (Å²) in [6.45, 7) is 2.36. The van der Waals surface area contributed by atoms with E-state index in [2.05, 4.69) is 5.32 Å². The summed E-state index contributed by atoms with van der Waals surface area (Å²) in [5, 5.41) is 2.87. The smallest absolute Gasteiger partial charge is 0.348 e. The number of carbonyl (C=O) groups excluding carboxylic acids is 2. The zero-order chi connectivity index (χ0) is 26.0. The number of fused-ring (bicyclic) bond motifs is 1. The summed E-state index contributed by atoms with van der Waals surface area (Å²) >= 11 is 1.24. The van der Waals surface area contributed by atoms with Crippen molar-refractivity contribution in [1.82, 2.24) is 0 Å². The Kier molecular flexibility index (Phi) is 6.82. The number of thiophene rings is 1. The molecule has 1 amide bonds. The third-order valence-electron chi connectivity index (χ3n) is 6.04. The van der Waals surface area contributed by atoms with Crippen molar-refractivity contribution in [1.29, 1.82) is 0 Å². The number of para-hydroxylation sites is 1. The molecule has 188 valence electrons. The molecule has 37 heavy (non-hydrogen) atoms. The van der Waals surface area contributed by atoms with Crippen molar-refractivity contribution in [2.24, 2.45) is 0 Å². The number of hydrogen-bond donors (Lipinski definition) is 1. The summed E-state index contributed by atoms with van der Waals surface area (Å²) in [5.74, 6) is -0.871. The predicted octanol–water partition coefficient (Wildman–Crippen LogP) is 5.60. The molecule has 0 aliphatic carbocycles. The molecule has 1 aromatic heterocycles. The maximum Gasteiger partial charge on any atom is 0.348 e. The number of anilines is 2. The minimum absolute atomic E-state index is 0.117. The zero-order valence-electron chi connectivity index (χ0n) is 20.0. The quantitative estimate of drug-likeness (QED) is 0.313. The van der Waals surface area contributed by atoms with Gasteiger partial charge in [-0.25, -0.2) is 13.2 Å². The number of nitrogens with zero attached hydrogens (tertiary/aromatic N) is 1. The van der Waals surface area contributed by atoms with Crippen LogP contribution < -0.4 is 9.62 Å². The lowest BCUT2D eigenvalue weighted by molar-refractivity contribution is 0.0532. The van der Waals surface area contributed by atoms with Crippen LogP contribution in [0.3, 0.4) is 0 Å². The Labute approximate surface area is 219 Å². The highest BCUT2D eigenvalue weighted by molar-refractivity contribution is 7.92. The van der Waals surface area contributed by atoms with Crippen LogP contribution in [0.2, 0.25) is 0 Å². The van der Waals surface area contributed by atoms with Crippen LogP contribution in [0.4, 0.5) is 11.4 Å². The van der Waals surface area contributed by atoms with Crippen molar-refractivity contribution < 1.29 is 22.7 Å². The standard InChI is InChI=1S/C28H24N2O5S2/c1-2-35-28(32)25-18-23(26(36-25)20-9-4-3-5-10-20)29-27(31)21-12-14-22(15-13-21)37(33,34)30-17-16-19-8-6-7-11-24(19)30/h3-15,18H,2,16-17H2,1H3,(H,29,31). The summed E-state index contributed by atoms with van der Waals surface area (Å²) in [6.07, 6.45) is 0.661.